The van der Waals surface area contributed by atoms with Crippen LogP contribution < -0.4 is 4.74 Å². The fourth-order valence-electron chi connectivity index (χ4n) is 1.53. The van der Waals surface area contributed by atoms with Gasteiger partial charge in [-0.1, -0.05) is 0 Å². The van der Waals surface area contributed by atoms with E-state index in [4.69, 9.17) is 9.84 Å². The van der Waals surface area contributed by atoms with Crippen LogP contribution >= 0.6 is 11.3 Å². The molecule has 0 atom stereocenters. The Labute approximate surface area is 98.4 Å². The SMILES string of the molecule is COc1ccc(-c2sc(CO)nc2C)cc1. The minimum absolute atomic E-state index is 0.00165. The molecule has 0 spiro atoms. The van der Waals surface area contributed by atoms with Crippen LogP contribution in [0.5, 0.6) is 5.75 Å². The summed E-state index contributed by atoms with van der Waals surface area (Å²) in [5.41, 5.74) is 2.06. The topological polar surface area (TPSA) is 42.4 Å². The summed E-state index contributed by atoms with van der Waals surface area (Å²) < 4.78 is 5.11. The second-order valence-electron chi connectivity index (χ2n) is 3.41. The molecule has 0 aliphatic rings. The summed E-state index contributed by atoms with van der Waals surface area (Å²) >= 11 is 1.52. The van der Waals surface area contributed by atoms with Gasteiger partial charge in [-0.15, -0.1) is 11.3 Å². The molecule has 0 bridgehead atoms. The molecular formula is C12H13NO2S. The number of aliphatic hydroxyl groups is 1. The van der Waals surface area contributed by atoms with Crippen molar-refractivity contribution in [2.24, 2.45) is 0 Å². The summed E-state index contributed by atoms with van der Waals surface area (Å²) in [4.78, 5) is 5.39. The van der Waals surface area contributed by atoms with E-state index >= 15 is 0 Å². The monoisotopic (exact) mass is 235 g/mol. The van der Waals surface area contributed by atoms with Gasteiger partial charge in [0.15, 0.2) is 0 Å². The van der Waals surface area contributed by atoms with E-state index in [9.17, 15) is 0 Å². The number of aryl methyl sites for hydroxylation is 1. The van der Waals surface area contributed by atoms with E-state index in [0.29, 0.717) is 0 Å². The maximum absolute atomic E-state index is 9.03. The average Bonchev–Trinajstić information content (AvgIpc) is 2.71. The first kappa shape index (κ1) is 11.1. The fraction of sp³-hybridized carbons (Fsp3) is 0.250. The summed E-state index contributed by atoms with van der Waals surface area (Å²) in [6.07, 6.45) is 0. The number of aliphatic hydroxyl groups excluding tert-OH is 1. The van der Waals surface area contributed by atoms with Crippen molar-refractivity contribution in [3.63, 3.8) is 0 Å². The van der Waals surface area contributed by atoms with Crippen molar-refractivity contribution in [1.82, 2.24) is 4.98 Å². The number of hydrogen-bond acceptors (Lipinski definition) is 4. The van der Waals surface area contributed by atoms with Crippen LogP contribution in [0.2, 0.25) is 0 Å². The van der Waals surface area contributed by atoms with E-state index < -0.39 is 0 Å². The van der Waals surface area contributed by atoms with Gasteiger partial charge < -0.3 is 9.84 Å². The quantitative estimate of drug-likeness (QED) is 0.889. The van der Waals surface area contributed by atoms with Crippen molar-refractivity contribution in [3.05, 3.63) is 35.0 Å². The van der Waals surface area contributed by atoms with E-state index in [2.05, 4.69) is 4.98 Å². The van der Waals surface area contributed by atoms with Crippen LogP contribution in [0.4, 0.5) is 0 Å². The minimum atomic E-state index is 0.00165. The normalized spacial score (nSPS) is 10.4. The first-order chi connectivity index (χ1) is 7.74. The molecule has 0 aliphatic heterocycles. The van der Waals surface area contributed by atoms with Gasteiger partial charge in [-0.3, -0.25) is 0 Å². The number of nitrogens with zero attached hydrogens (tertiary/aromatic N) is 1. The Morgan fingerprint density at radius 1 is 1.31 bits per heavy atom. The Kier molecular flexibility index (Phi) is 3.22. The predicted molar refractivity (Wildman–Crippen MR) is 64.8 cm³/mol. The molecule has 16 heavy (non-hydrogen) atoms. The van der Waals surface area contributed by atoms with Crippen molar-refractivity contribution >= 4 is 11.3 Å². The first-order valence-corrected chi connectivity index (χ1v) is 5.78. The third-order valence-corrected chi connectivity index (χ3v) is 3.52. The number of methoxy groups -OCH3 is 1. The van der Waals surface area contributed by atoms with Gasteiger partial charge in [0.25, 0.3) is 0 Å². The molecule has 0 fully saturated rings. The highest BCUT2D eigenvalue weighted by Gasteiger charge is 2.08. The Morgan fingerprint density at radius 3 is 2.50 bits per heavy atom. The van der Waals surface area contributed by atoms with E-state index in [-0.39, 0.29) is 6.61 Å². The third kappa shape index (κ3) is 2.08. The Bertz CT molecular complexity index is 476. The molecule has 1 aromatic carbocycles. The molecule has 1 heterocycles. The third-order valence-electron chi connectivity index (χ3n) is 2.33. The van der Waals surface area contributed by atoms with Gasteiger partial charge in [-0.05, 0) is 36.8 Å². The van der Waals surface area contributed by atoms with Crippen LogP contribution in [-0.2, 0) is 6.61 Å². The molecular weight excluding hydrogens is 222 g/mol. The smallest absolute Gasteiger partial charge is 0.119 e. The van der Waals surface area contributed by atoms with Crippen molar-refractivity contribution in [3.8, 4) is 16.2 Å². The van der Waals surface area contributed by atoms with Crippen LogP contribution in [0.3, 0.4) is 0 Å². The predicted octanol–water partition coefficient (Wildman–Crippen LogP) is 2.62. The van der Waals surface area contributed by atoms with Crippen molar-refractivity contribution in [2.75, 3.05) is 7.11 Å². The molecule has 0 aliphatic carbocycles. The second-order valence-corrected chi connectivity index (χ2v) is 4.49. The van der Waals surface area contributed by atoms with Gasteiger partial charge in [-0.2, -0.15) is 0 Å². The zero-order chi connectivity index (χ0) is 11.5. The van der Waals surface area contributed by atoms with Gasteiger partial charge in [0, 0.05) is 0 Å². The zero-order valence-electron chi connectivity index (χ0n) is 9.23. The average molecular weight is 235 g/mol. The molecule has 0 radical (unpaired) electrons. The number of rotatable bonds is 3. The van der Waals surface area contributed by atoms with Gasteiger partial charge in [0.2, 0.25) is 0 Å². The van der Waals surface area contributed by atoms with E-state index in [0.717, 1.165) is 26.9 Å². The van der Waals surface area contributed by atoms with Crippen molar-refractivity contribution in [1.29, 1.82) is 0 Å². The number of thiazole rings is 1. The summed E-state index contributed by atoms with van der Waals surface area (Å²) in [5.74, 6) is 0.841. The second kappa shape index (κ2) is 4.63. The molecule has 3 nitrogen and oxygen atoms in total. The largest absolute Gasteiger partial charge is 0.497 e. The lowest BCUT2D eigenvalue weighted by Crippen LogP contribution is -1.82. The summed E-state index contributed by atoms with van der Waals surface area (Å²) in [5, 5.41) is 9.79. The van der Waals surface area contributed by atoms with Crippen LogP contribution in [-0.4, -0.2) is 17.2 Å². The lowest BCUT2D eigenvalue weighted by molar-refractivity contribution is 0.281. The van der Waals surface area contributed by atoms with Crippen molar-refractivity contribution < 1.29 is 9.84 Å². The number of ether oxygens (including phenoxy) is 1. The minimum Gasteiger partial charge on any atom is -0.497 e. The number of aromatic nitrogens is 1. The highest BCUT2D eigenvalue weighted by Crippen LogP contribution is 2.30. The first-order valence-electron chi connectivity index (χ1n) is 4.96. The van der Waals surface area contributed by atoms with E-state index in [1.165, 1.54) is 11.3 Å². The van der Waals surface area contributed by atoms with Crippen LogP contribution in [0, 0.1) is 6.92 Å². The standard InChI is InChI=1S/C12H13NO2S/c1-8-12(16-11(7-14)13-8)9-3-5-10(15-2)6-4-9/h3-6,14H,7H2,1-2H3. The highest BCUT2D eigenvalue weighted by atomic mass is 32.1. The van der Waals surface area contributed by atoms with Crippen LogP contribution in [0.15, 0.2) is 24.3 Å². The number of hydrogen-bond donors (Lipinski definition) is 1. The molecule has 84 valence electrons. The van der Waals surface area contributed by atoms with Crippen LogP contribution in [0.25, 0.3) is 10.4 Å². The Hall–Kier alpha value is -1.39. The maximum atomic E-state index is 9.03. The summed E-state index contributed by atoms with van der Waals surface area (Å²) in [6, 6.07) is 7.85. The molecule has 0 unspecified atom stereocenters. The molecule has 2 rings (SSSR count). The maximum Gasteiger partial charge on any atom is 0.119 e. The number of benzene rings is 1. The van der Waals surface area contributed by atoms with E-state index in [1.807, 2.05) is 31.2 Å². The van der Waals surface area contributed by atoms with Gasteiger partial charge >= 0.3 is 0 Å². The highest BCUT2D eigenvalue weighted by molar-refractivity contribution is 7.15. The molecule has 0 saturated heterocycles. The molecule has 1 N–H and O–H groups in total. The molecule has 1 aromatic heterocycles. The zero-order valence-corrected chi connectivity index (χ0v) is 10.0. The lowest BCUT2D eigenvalue weighted by atomic mass is 10.1. The van der Waals surface area contributed by atoms with E-state index in [1.54, 1.807) is 7.11 Å². The molecule has 0 saturated carbocycles. The Morgan fingerprint density at radius 2 is 2.00 bits per heavy atom. The fourth-order valence-corrected chi connectivity index (χ4v) is 2.46. The molecule has 0 amide bonds. The summed E-state index contributed by atoms with van der Waals surface area (Å²) in [6.45, 7) is 1.96. The van der Waals surface area contributed by atoms with Gasteiger partial charge in [0.05, 0.1) is 24.3 Å². The van der Waals surface area contributed by atoms with Gasteiger partial charge in [0.1, 0.15) is 10.8 Å². The molecule has 2 aromatic rings. The lowest BCUT2D eigenvalue weighted by Gasteiger charge is -2.01. The van der Waals surface area contributed by atoms with Gasteiger partial charge in [-0.25, -0.2) is 4.98 Å². The van der Waals surface area contributed by atoms with Crippen LogP contribution in [0.1, 0.15) is 10.7 Å². The van der Waals surface area contributed by atoms with Crippen molar-refractivity contribution in [2.45, 2.75) is 13.5 Å². The molecule has 4 heteroatoms. The Balaban J connectivity index is 2.38. The summed E-state index contributed by atoms with van der Waals surface area (Å²) in [7, 11) is 1.65.